The Morgan fingerprint density at radius 1 is 1.32 bits per heavy atom. The predicted molar refractivity (Wildman–Crippen MR) is 73.4 cm³/mol. The Morgan fingerprint density at radius 3 is 2.53 bits per heavy atom. The lowest BCUT2D eigenvalue weighted by Gasteiger charge is -2.21. The number of ether oxygens (including phenoxy) is 2. The highest BCUT2D eigenvalue weighted by Crippen LogP contribution is 2.06. The minimum Gasteiger partial charge on any atom is -0.444 e. The van der Waals surface area contributed by atoms with Crippen LogP contribution in [0.3, 0.4) is 0 Å². The molecule has 3 N–H and O–H groups in total. The molecule has 1 aromatic carbocycles. The van der Waals surface area contributed by atoms with Crippen LogP contribution in [-0.4, -0.2) is 24.5 Å². The van der Waals surface area contributed by atoms with Crippen molar-refractivity contribution < 1.29 is 14.3 Å². The predicted octanol–water partition coefficient (Wildman–Crippen LogP) is 2.01. The Balaban J connectivity index is 2.21. The van der Waals surface area contributed by atoms with Gasteiger partial charge < -0.3 is 20.5 Å². The van der Waals surface area contributed by atoms with Gasteiger partial charge in [-0.2, -0.15) is 0 Å². The van der Waals surface area contributed by atoms with Crippen molar-refractivity contribution in [3.8, 4) is 0 Å². The summed E-state index contributed by atoms with van der Waals surface area (Å²) in [5, 5.41) is 2.51. The maximum absolute atomic E-state index is 11.4. The Bertz CT molecular complexity index is 387. The Morgan fingerprint density at radius 2 is 1.95 bits per heavy atom. The van der Waals surface area contributed by atoms with Crippen molar-refractivity contribution in [2.75, 3.05) is 6.61 Å². The van der Waals surface area contributed by atoms with Gasteiger partial charge in [0.25, 0.3) is 0 Å². The highest BCUT2D eigenvalue weighted by atomic mass is 16.6. The lowest BCUT2D eigenvalue weighted by molar-refractivity contribution is 0.0434. The van der Waals surface area contributed by atoms with Gasteiger partial charge in [0.1, 0.15) is 11.8 Å². The smallest absolute Gasteiger partial charge is 0.408 e. The minimum atomic E-state index is -0.585. The first kappa shape index (κ1) is 15.5. The third-order valence-corrected chi connectivity index (χ3v) is 2.11. The molecule has 1 rings (SSSR count). The molecule has 1 aromatic rings. The molecule has 5 nitrogen and oxygen atoms in total. The fourth-order valence-corrected chi connectivity index (χ4v) is 1.38. The second kappa shape index (κ2) is 7.11. The summed E-state index contributed by atoms with van der Waals surface area (Å²) in [4.78, 5) is 11.4. The second-order valence-electron chi connectivity index (χ2n) is 5.25. The normalized spacial score (nSPS) is 12.8. The van der Waals surface area contributed by atoms with E-state index in [1.165, 1.54) is 0 Å². The van der Waals surface area contributed by atoms with Crippen LogP contribution in [0.1, 0.15) is 26.3 Å². The quantitative estimate of drug-likeness (QED) is 0.800. The SMILES string of the molecule is CC(C)(C)OC(=O)NC(N)COCc1ccccc1. The number of rotatable bonds is 5. The zero-order chi connectivity index (χ0) is 14.3. The lowest BCUT2D eigenvalue weighted by Crippen LogP contribution is -2.46. The summed E-state index contributed by atoms with van der Waals surface area (Å²) in [6.45, 7) is 6.08. The Kier molecular flexibility index (Phi) is 5.79. The lowest BCUT2D eigenvalue weighted by atomic mass is 10.2. The highest BCUT2D eigenvalue weighted by molar-refractivity contribution is 5.67. The summed E-state index contributed by atoms with van der Waals surface area (Å²) in [6, 6.07) is 9.76. The van der Waals surface area contributed by atoms with Gasteiger partial charge in [0, 0.05) is 0 Å². The first-order valence-corrected chi connectivity index (χ1v) is 6.23. The molecule has 0 aromatic heterocycles. The molecule has 1 atom stereocenters. The van der Waals surface area contributed by atoms with E-state index in [0.717, 1.165) is 5.56 Å². The van der Waals surface area contributed by atoms with Crippen LogP contribution in [0.25, 0.3) is 0 Å². The van der Waals surface area contributed by atoms with Gasteiger partial charge in [-0.15, -0.1) is 0 Å². The number of carbonyl (C=O) groups is 1. The van der Waals surface area contributed by atoms with Crippen molar-refractivity contribution in [1.82, 2.24) is 5.32 Å². The molecule has 1 unspecified atom stereocenters. The van der Waals surface area contributed by atoms with Crippen LogP contribution in [-0.2, 0) is 16.1 Å². The van der Waals surface area contributed by atoms with Crippen LogP contribution < -0.4 is 11.1 Å². The summed E-state index contributed by atoms with van der Waals surface area (Å²) >= 11 is 0. The number of nitrogens with one attached hydrogen (secondary N) is 1. The molecule has 0 fully saturated rings. The van der Waals surface area contributed by atoms with Gasteiger partial charge in [0.2, 0.25) is 0 Å². The molecule has 0 saturated carbocycles. The number of hydrogen-bond donors (Lipinski definition) is 2. The standard InChI is InChI=1S/C14H22N2O3/c1-14(2,3)19-13(17)16-12(15)10-18-9-11-7-5-4-6-8-11/h4-8,12H,9-10,15H2,1-3H3,(H,16,17). The van der Waals surface area contributed by atoms with E-state index < -0.39 is 17.9 Å². The zero-order valence-corrected chi connectivity index (χ0v) is 11.7. The van der Waals surface area contributed by atoms with Crippen molar-refractivity contribution in [3.05, 3.63) is 35.9 Å². The highest BCUT2D eigenvalue weighted by Gasteiger charge is 2.17. The van der Waals surface area contributed by atoms with Gasteiger partial charge in [0.05, 0.1) is 13.2 Å². The summed E-state index contributed by atoms with van der Waals surface area (Å²) in [5.74, 6) is 0. The topological polar surface area (TPSA) is 73.6 Å². The molecule has 0 bridgehead atoms. The van der Waals surface area contributed by atoms with E-state index >= 15 is 0 Å². The molecule has 0 aliphatic heterocycles. The van der Waals surface area contributed by atoms with E-state index in [9.17, 15) is 4.79 Å². The molecule has 0 radical (unpaired) electrons. The van der Waals surface area contributed by atoms with Gasteiger partial charge in [-0.25, -0.2) is 4.79 Å². The zero-order valence-electron chi connectivity index (χ0n) is 11.7. The number of benzene rings is 1. The van der Waals surface area contributed by atoms with Crippen LogP contribution in [0.5, 0.6) is 0 Å². The molecule has 0 aliphatic carbocycles. The molecule has 0 saturated heterocycles. The van der Waals surface area contributed by atoms with E-state index in [4.69, 9.17) is 15.2 Å². The molecule has 0 aliphatic rings. The van der Waals surface area contributed by atoms with Gasteiger partial charge in [-0.3, -0.25) is 0 Å². The van der Waals surface area contributed by atoms with Gasteiger partial charge >= 0.3 is 6.09 Å². The van der Waals surface area contributed by atoms with Crippen LogP contribution in [0, 0.1) is 0 Å². The molecular formula is C14H22N2O3. The summed E-state index contributed by atoms with van der Waals surface area (Å²) < 4.78 is 10.5. The van der Waals surface area contributed by atoms with Gasteiger partial charge in [-0.1, -0.05) is 30.3 Å². The van der Waals surface area contributed by atoms with Crippen LogP contribution in [0.4, 0.5) is 4.79 Å². The second-order valence-corrected chi connectivity index (χ2v) is 5.25. The minimum absolute atomic E-state index is 0.230. The monoisotopic (exact) mass is 266 g/mol. The van der Waals surface area contributed by atoms with E-state index in [1.807, 2.05) is 30.3 Å². The van der Waals surface area contributed by atoms with Crippen LogP contribution in [0.15, 0.2) is 30.3 Å². The van der Waals surface area contributed by atoms with E-state index in [-0.39, 0.29) is 6.61 Å². The number of nitrogens with two attached hydrogens (primary N) is 1. The largest absolute Gasteiger partial charge is 0.444 e. The molecule has 5 heteroatoms. The Hall–Kier alpha value is -1.59. The maximum Gasteiger partial charge on any atom is 0.408 e. The molecule has 1 amide bonds. The summed E-state index contributed by atoms with van der Waals surface area (Å²) in [6.07, 6.45) is -1.12. The van der Waals surface area contributed by atoms with Crippen molar-refractivity contribution in [2.24, 2.45) is 5.73 Å². The van der Waals surface area contributed by atoms with Gasteiger partial charge in [0.15, 0.2) is 0 Å². The Labute approximate surface area is 114 Å². The maximum atomic E-state index is 11.4. The average Bonchev–Trinajstić information content (AvgIpc) is 2.27. The average molecular weight is 266 g/mol. The fraction of sp³-hybridized carbons (Fsp3) is 0.500. The van der Waals surface area contributed by atoms with Crippen LogP contribution in [0.2, 0.25) is 0 Å². The first-order valence-electron chi connectivity index (χ1n) is 6.23. The molecular weight excluding hydrogens is 244 g/mol. The van der Waals surface area contributed by atoms with Crippen molar-refractivity contribution >= 4 is 6.09 Å². The molecule has 0 spiro atoms. The summed E-state index contributed by atoms with van der Waals surface area (Å²) in [5.41, 5.74) is 6.25. The summed E-state index contributed by atoms with van der Waals surface area (Å²) in [7, 11) is 0. The van der Waals surface area contributed by atoms with Crippen LogP contribution >= 0.6 is 0 Å². The fourth-order valence-electron chi connectivity index (χ4n) is 1.38. The van der Waals surface area contributed by atoms with E-state index in [2.05, 4.69) is 5.32 Å². The number of hydrogen-bond acceptors (Lipinski definition) is 4. The van der Waals surface area contributed by atoms with Crippen molar-refractivity contribution in [2.45, 2.75) is 39.1 Å². The number of carbonyl (C=O) groups excluding carboxylic acids is 1. The molecule has 106 valence electrons. The third-order valence-electron chi connectivity index (χ3n) is 2.11. The molecule has 19 heavy (non-hydrogen) atoms. The molecule has 0 heterocycles. The van der Waals surface area contributed by atoms with E-state index in [1.54, 1.807) is 20.8 Å². The van der Waals surface area contributed by atoms with E-state index in [0.29, 0.717) is 6.61 Å². The van der Waals surface area contributed by atoms with Gasteiger partial charge in [-0.05, 0) is 26.3 Å². The number of alkyl carbamates (subject to hydrolysis) is 1. The van der Waals surface area contributed by atoms with Crippen molar-refractivity contribution in [1.29, 1.82) is 0 Å². The van der Waals surface area contributed by atoms with Crippen molar-refractivity contribution in [3.63, 3.8) is 0 Å². The third kappa shape index (κ3) is 7.43. The number of amides is 1. The first-order chi connectivity index (χ1) is 8.87.